The normalized spacial score (nSPS) is 11.6. The van der Waals surface area contributed by atoms with Gasteiger partial charge >= 0.3 is 0 Å². The Bertz CT molecular complexity index is 1260. The minimum atomic E-state index is 0.890. The molecule has 2 nitrogen and oxygen atoms in total. The molecule has 2 heteroatoms. The van der Waals surface area contributed by atoms with Gasteiger partial charge in [0.1, 0.15) is 0 Å². The number of rotatable bonds is 2. The Kier molecular flexibility index (Phi) is 3.32. The molecular weight excluding hydrogens is 316 g/mol. The summed E-state index contributed by atoms with van der Waals surface area (Å²) in [6.07, 6.45) is 4.49. The van der Waals surface area contributed by atoms with Gasteiger partial charge in [-0.25, -0.2) is 4.57 Å². The number of nitrogens with zero attached hydrogens (tertiary/aromatic N) is 1. The first-order valence-corrected chi connectivity index (χ1v) is 9.08. The molecule has 0 amide bonds. The predicted octanol–water partition coefficient (Wildman–Crippen LogP) is 5.43. The molecule has 26 heavy (non-hydrogen) atoms. The van der Waals surface area contributed by atoms with Gasteiger partial charge in [0.2, 0.25) is 0 Å². The number of aryl methyl sites for hydroxylation is 2. The summed E-state index contributed by atoms with van der Waals surface area (Å²) in [5.74, 6) is 0. The number of hydrogen-bond donors (Lipinski definition) is 1. The lowest BCUT2D eigenvalue weighted by molar-refractivity contribution is -0.687. The van der Waals surface area contributed by atoms with E-state index >= 15 is 0 Å². The van der Waals surface area contributed by atoms with Crippen LogP contribution in [0.2, 0.25) is 0 Å². The van der Waals surface area contributed by atoms with Gasteiger partial charge in [-0.15, -0.1) is 0 Å². The molecule has 0 saturated heterocycles. The van der Waals surface area contributed by atoms with Crippen LogP contribution in [-0.4, -0.2) is 4.98 Å². The summed E-state index contributed by atoms with van der Waals surface area (Å²) in [5, 5.41) is 5.32. The highest BCUT2D eigenvalue weighted by Crippen LogP contribution is 2.35. The van der Waals surface area contributed by atoms with Crippen LogP contribution < -0.4 is 4.57 Å². The van der Waals surface area contributed by atoms with E-state index in [9.17, 15) is 0 Å². The van der Waals surface area contributed by atoms with E-state index in [0.29, 0.717) is 0 Å². The first-order chi connectivity index (χ1) is 12.7. The van der Waals surface area contributed by atoms with E-state index in [1.54, 1.807) is 0 Å². The van der Waals surface area contributed by atoms with Crippen molar-refractivity contribution in [2.75, 3.05) is 0 Å². The zero-order valence-electron chi connectivity index (χ0n) is 15.1. The largest absolute Gasteiger partial charge is 0.354 e. The molecule has 3 aromatic carbocycles. The van der Waals surface area contributed by atoms with Crippen LogP contribution >= 0.6 is 0 Å². The predicted molar refractivity (Wildman–Crippen MR) is 109 cm³/mol. The summed E-state index contributed by atoms with van der Waals surface area (Å²) in [5.41, 5.74) is 6.46. The molecule has 0 fully saturated rings. The van der Waals surface area contributed by atoms with E-state index < -0.39 is 0 Å². The third-order valence-corrected chi connectivity index (χ3v) is 5.49. The van der Waals surface area contributed by atoms with Gasteiger partial charge in [0.15, 0.2) is 18.9 Å². The van der Waals surface area contributed by atoms with E-state index in [-0.39, 0.29) is 0 Å². The molecule has 0 aliphatic heterocycles. The van der Waals surface area contributed by atoms with Crippen LogP contribution in [0.1, 0.15) is 16.7 Å². The lowest BCUT2D eigenvalue weighted by Gasteiger charge is -2.08. The van der Waals surface area contributed by atoms with Crippen molar-refractivity contribution < 1.29 is 4.57 Å². The molecule has 1 N–H and O–H groups in total. The summed E-state index contributed by atoms with van der Waals surface area (Å²) < 4.78 is 2.28. The Morgan fingerprint density at radius 3 is 2.38 bits per heavy atom. The molecule has 0 aliphatic carbocycles. The second kappa shape index (κ2) is 5.70. The van der Waals surface area contributed by atoms with Crippen molar-refractivity contribution in [2.45, 2.75) is 20.4 Å². The topological polar surface area (TPSA) is 19.7 Å². The second-order valence-corrected chi connectivity index (χ2v) is 7.10. The van der Waals surface area contributed by atoms with Gasteiger partial charge in [0.25, 0.3) is 0 Å². The summed E-state index contributed by atoms with van der Waals surface area (Å²) in [6.45, 7) is 5.36. The summed E-state index contributed by atoms with van der Waals surface area (Å²) in [7, 11) is 0. The smallest absolute Gasteiger partial charge is 0.177 e. The Labute approximate surface area is 152 Å². The van der Waals surface area contributed by atoms with Gasteiger partial charge in [-0.2, -0.15) is 0 Å². The molecule has 0 unspecified atom stereocenters. The van der Waals surface area contributed by atoms with Crippen LogP contribution in [0, 0.1) is 13.8 Å². The molecule has 5 rings (SSSR count). The average molecular weight is 337 g/mol. The third kappa shape index (κ3) is 2.22. The van der Waals surface area contributed by atoms with Gasteiger partial charge in [-0.3, -0.25) is 0 Å². The standard InChI is InChI=1S/C24H20N2/c1-16-21-15-26(14-18-8-4-3-5-9-18)13-12-19(21)17(2)24-23(16)20-10-6-7-11-22(20)25-24/h3-13,15H,14H2,1-2H3/p+1. The molecule has 0 spiro atoms. The Morgan fingerprint density at radius 1 is 0.769 bits per heavy atom. The highest BCUT2D eigenvalue weighted by Gasteiger charge is 2.16. The van der Waals surface area contributed by atoms with Crippen LogP contribution in [-0.2, 0) is 6.54 Å². The molecule has 5 aromatic rings. The van der Waals surface area contributed by atoms with Crippen molar-refractivity contribution in [1.82, 2.24) is 4.98 Å². The summed E-state index contributed by atoms with van der Waals surface area (Å²) in [4.78, 5) is 3.63. The number of aromatic nitrogens is 2. The second-order valence-electron chi connectivity index (χ2n) is 7.10. The number of benzene rings is 3. The van der Waals surface area contributed by atoms with Gasteiger partial charge in [-0.1, -0.05) is 48.5 Å². The fourth-order valence-corrected chi connectivity index (χ4v) is 4.14. The van der Waals surface area contributed by atoms with Gasteiger partial charge in [0.05, 0.1) is 5.52 Å². The van der Waals surface area contributed by atoms with Crippen LogP contribution in [0.4, 0.5) is 0 Å². The van der Waals surface area contributed by atoms with Crippen molar-refractivity contribution in [3.8, 4) is 0 Å². The highest BCUT2D eigenvalue weighted by atomic mass is 14.9. The average Bonchev–Trinajstić information content (AvgIpc) is 3.07. The Hall–Kier alpha value is -3.13. The van der Waals surface area contributed by atoms with Crippen molar-refractivity contribution >= 4 is 32.6 Å². The van der Waals surface area contributed by atoms with Gasteiger partial charge in [0, 0.05) is 33.3 Å². The summed E-state index contributed by atoms with van der Waals surface area (Å²) >= 11 is 0. The Morgan fingerprint density at radius 2 is 1.54 bits per heavy atom. The first kappa shape index (κ1) is 15.2. The number of H-pyrrole nitrogens is 1. The quantitative estimate of drug-likeness (QED) is 0.415. The van der Waals surface area contributed by atoms with Crippen molar-refractivity contribution in [3.05, 3.63) is 89.7 Å². The molecule has 0 aliphatic rings. The van der Waals surface area contributed by atoms with Crippen molar-refractivity contribution in [2.24, 2.45) is 0 Å². The molecular formula is C24H21N2+. The maximum atomic E-state index is 3.63. The van der Waals surface area contributed by atoms with Gasteiger partial charge in [-0.05, 0) is 36.4 Å². The zero-order chi connectivity index (χ0) is 17.7. The number of para-hydroxylation sites is 1. The van der Waals surface area contributed by atoms with Crippen LogP contribution in [0.15, 0.2) is 73.1 Å². The minimum Gasteiger partial charge on any atom is -0.354 e. The van der Waals surface area contributed by atoms with E-state index in [1.807, 2.05) is 0 Å². The van der Waals surface area contributed by atoms with E-state index in [2.05, 4.69) is 96.5 Å². The maximum absolute atomic E-state index is 3.63. The molecule has 0 bridgehead atoms. The molecule has 2 aromatic heterocycles. The number of nitrogens with one attached hydrogen (secondary N) is 1. The first-order valence-electron chi connectivity index (χ1n) is 9.08. The van der Waals surface area contributed by atoms with E-state index in [4.69, 9.17) is 0 Å². The van der Waals surface area contributed by atoms with E-state index in [1.165, 1.54) is 49.3 Å². The third-order valence-electron chi connectivity index (χ3n) is 5.49. The zero-order valence-corrected chi connectivity index (χ0v) is 15.1. The van der Waals surface area contributed by atoms with Gasteiger partial charge < -0.3 is 4.98 Å². The lowest BCUT2D eigenvalue weighted by Crippen LogP contribution is -2.33. The van der Waals surface area contributed by atoms with Crippen molar-refractivity contribution in [1.29, 1.82) is 0 Å². The van der Waals surface area contributed by atoms with E-state index in [0.717, 1.165) is 6.54 Å². The highest BCUT2D eigenvalue weighted by molar-refractivity contribution is 6.16. The monoisotopic (exact) mass is 337 g/mol. The molecule has 0 saturated carbocycles. The lowest BCUT2D eigenvalue weighted by atomic mass is 9.97. The Balaban J connectivity index is 1.78. The van der Waals surface area contributed by atoms with Crippen molar-refractivity contribution in [3.63, 3.8) is 0 Å². The number of hydrogen-bond acceptors (Lipinski definition) is 0. The molecule has 126 valence electrons. The fraction of sp³-hybridized carbons (Fsp3) is 0.125. The molecule has 0 atom stereocenters. The van der Waals surface area contributed by atoms with Crippen LogP contribution in [0.5, 0.6) is 0 Å². The maximum Gasteiger partial charge on any atom is 0.177 e. The number of pyridine rings is 1. The number of aromatic amines is 1. The molecule has 0 radical (unpaired) electrons. The summed E-state index contributed by atoms with van der Waals surface area (Å²) in [6, 6.07) is 21.5. The fourth-order valence-electron chi connectivity index (χ4n) is 4.14. The molecule has 2 heterocycles. The number of fused-ring (bicyclic) bond motifs is 4. The SMILES string of the molecule is Cc1c2cc[n+](Cc3ccccc3)cc2c(C)c2c1[nH]c1ccccc12. The van der Waals surface area contributed by atoms with Crippen LogP contribution in [0.25, 0.3) is 32.6 Å². The minimum absolute atomic E-state index is 0.890. The van der Waals surface area contributed by atoms with Crippen LogP contribution in [0.3, 0.4) is 0 Å².